The summed E-state index contributed by atoms with van der Waals surface area (Å²) in [6.45, 7) is 13.6. The van der Waals surface area contributed by atoms with Crippen LogP contribution in [0.2, 0.25) is 0 Å². The van der Waals surface area contributed by atoms with Crippen molar-refractivity contribution in [2.45, 2.75) is 40.0 Å². The largest absolute Gasteiger partial charge is 0.357 e. The number of likely N-dealkylation sites (tertiary alicyclic amines) is 2. The minimum atomic E-state index is 0. The maximum absolute atomic E-state index is 4.92. The number of hydrogen-bond donors (Lipinski definition) is 1. The van der Waals surface area contributed by atoms with E-state index < -0.39 is 0 Å². The van der Waals surface area contributed by atoms with Crippen LogP contribution >= 0.6 is 24.0 Å². The summed E-state index contributed by atoms with van der Waals surface area (Å²) in [5.41, 5.74) is 0.476. The van der Waals surface area contributed by atoms with E-state index in [-0.39, 0.29) is 24.0 Å². The highest BCUT2D eigenvalue weighted by Gasteiger charge is 2.33. The van der Waals surface area contributed by atoms with E-state index in [0.29, 0.717) is 5.41 Å². The fourth-order valence-corrected chi connectivity index (χ4v) is 3.31. The Kier molecular flexibility index (Phi) is 7.74. The molecule has 4 nitrogen and oxygen atoms in total. The van der Waals surface area contributed by atoms with Gasteiger partial charge in [0.1, 0.15) is 0 Å². The standard InChI is InChI=1S/C16H32N4.HI/c1-5-16(3)8-10-20(13-16)15(17-6-2)18-11-14-7-9-19(4)12-14;/h14H,5-13H2,1-4H3,(H,17,18);1H. The van der Waals surface area contributed by atoms with Crippen LogP contribution in [0.1, 0.15) is 40.0 Å². The van der Waals surface area contributed by atoms with Crippen molar-refractivity contribution in [1.82, 2.24) is 15.1 Å². The molecule has 21 heavy (non-hydrogen) atoms. The van der Waals surface area contributed by atoms with Crippen LogP contribution in [-0.4, -0.2) is 62.1 Å². The Labute approximate surface area is 147 Å². The molecule has 0 saturated carbocycles. The van der Waals surface area contributed by atoms with Gasteiger partial charge in [0.25, 0.3) is 0 Å². The number of guanidine groups is 1. The van der Waals surface area contributed by atoms with Crippen LogP contribution in [-0.2, 0) is 0 Å². The van der Waals surface area contributed by atoms with Gasteiger partial charge >= 0.3 is 0 Å². The number of nitrogens with one attached hydrogen (secondary N) is 1. The fraction of sp³-hybridized carbons (Fsp3) is 0.938. The highest BCUT2D eigenvalue weighted by atomic mass is 127. The molecule has 2 heterocycles. The van der Waals surface area contributed by atoms with Crippen LogP contribution in [0.3, 0.4) is 0 Å². The van der Waals surface area contributed by atoms with Crippen LogP contribution in [0, 0.1) is 11.3 Å². The second-order valence-electron chi connectivity index (χ2n) is 6.95. The molecule has 0 aromatic rings. The van der Waals surface area contributed by atoms with Crippen molar-refractivity contribution in [3.05, 3.63) is 0 Å². The van der Waals surface area contributed by atoms with E-state index in [9.17, 15) is 0 Å². The van der Waals surface area contributed by atoms with E-state index in [2.05, 4.69) is 42.9 Å². The minimum absolute atomic E-state index is 0. The van der Waals surface area contributed by atoms with Crippen LogP contribution in [0.4, 0.5) is 0 Å². The van der Waals surface area contributed by atoms with Crippen molar-refractivity contribution < 1.29 is 0 Å². The molecule has 0 aromatic carbocycles. The Bertz CT molecular complexity index is 347. The average molecular weight is 408 g/mol. The van der Waals surface area contributed by atoms with Crippen molar-refractivity contribution in [3.63, 3.8) is 0 Å². The van der Waals surface area contributed by atoms with E-state index in [1.165, 1.54) is 32.4 Å². The zero-order chi connectivity index (χ0) is 14.6. The molecule has 0 radical (unpaired) electrons. The lowest BCUT2D eigenvalue weighted by atomic mass is 9.87. The molecule has 1 N–H and O–H groups in total. The summed E-state index contributed by atoms with van der Waals surface area (Å²) in [6.07, 6.45) is 3.85. The van der Waals surface area contributed by atoms with Gasteiger partial charge in [-0.25, -0.2) is 0 Å². The summed E-state index contributed by atoms with van der Waals surface area (Å²) < 4.78 is 0. The summed E-state index contributed by atoms with van der Waals surface area (Å²) >= 11 is 0. The minimum Gasteiger partial charge on any atom is -0.357 e. The van der Waals surface area contributed by atoms with Crippen LogP contribution in [0.15, 0.2) is 4.99 Å². The molecule has 2 saturated heterocycles. The molecule has 0 bridgehead atoms. The number of halogens is 1. The van der Waals surface area contributed by atoms with Crippen molar-refractivity contribution in [2.75, 3.05) is 46.3 Å². The third-order valence-corrected chi connectivity index (χ3v) is 5.03. The molecule has 0 aromatic heterocycles. The lowest BCUT2D eigenvalue weighted by molar-refractivity contribution is 0.321. The third kappa shape index (κ3) is 5.27. The average Bonchev–Trinajstić information content (AvgIpc) is 3.02. The van der Waals surface area contributed by atoms with Crippen LogP contribution in [0.25, 0.3) is 0 Å². The van der Waals surface area contributed by atoms with Crippen LogP contribution in [0.5, 0.6) is 0 Å². The molecule has 2 aliphatic rings. The van der Waals surface area contributed by atoms with Gasteiger partial charge in [-0.3, -0.25) is 4.99 Å². The van der Waals surface area contributed by atoms with E-state index in [1.54, 1.807) is 0 Å². The summed E-state index contributed by atoms with van der Waals surface area (Å²) in [7, 11) is 2.21. The normalized spacial score (nSPS) is 30.6. The van der Waals surface area contributed by atoms with Gasteiger partial charge in [0, 0.05) is 32.7 Å². The topological polar surface area (TPSA) is 30.9 Å². The Morgan fingerprint density at radius 3 is 2.62 bits per heavy atom. The van der Waals surface area contributed by atoms with Gasteiger partial charge in [-0.15, -0.1) is 24.0 Å². The molecular formula is C16H33IN4. The molecule has 2 fully saturated rings. The molecular weight excluding hydrogens is 375 g/mol. The number of hydrogen-bond acceptors (Lipinski definition) is 2. The van der Waals surface area contributed by atoms with E-state index >= 15 is 0 Å². The molecule has 0 amide bonds. The fourth-order valence-electron chi connectivity index (χ4n) is 3.31. The smallest absolute Gasteiger partial charge is 0.193 e. The monoisotopic (exact) mass is 408 g/mol. The summed E-state index contributed by atoms with van der Waals surface area (Å²) in [5.74, 6) is 1.88. The van der Waals surface area contributed by atoms with Crippen molar-refractivity contribution in [1.29, 1.82) is 0 Å². The Morgan fingerprint density at radius 1 is 1.33 bits per heavy atom. The number of aliphatic imine (C=N–C) groups is 1. The first-order valence-corrected chi connectivity index (χ1v) is 8.28. The van der Waals surface area contributed by atoms with Gasteiger partial charge in [-0.05, 0) is 51.1 Å². The molecule has 2 rings (SSSR count). The van der Waals surface area contributed by atoms with Crippen LogP contribution < -0.4 is 5.32 Å². The van der Waals surface area contributed by atoms with Crippen molar-refractivity contribution >= 4 is 29.9 Å². The second kappa shape index (κ2) is 8.56. The predicted octanol–water partition coefficient (Wildman–Crippen LogP) is 2.64. The summed E-state index contributed by atoms with van der Waals surface area (Å²) in [6, 6.07) is 0. The predicted molar refractivity (Wildman–Crippen MR) is 102 cm³/mol. The van der Waals surface area contributed by atoms with Gasteiger partial charge in [-0.2, -0.15) is 0 Å². The van der Waals surface area contributed by atoms with Gasteiger partial charge in [0.05, 0.1) is 0 Å². The van der Waals surface area contributed by atoms with Gasteiger partial charge in [0.2, 0.25) is 0 Å². The zero-order valence-corrected chi connectivity index (χ0v) is 16.5. The Balaban J connectivity index is 0.00000220. The lowest BCUT2D eigenvalue weighted by Crippen LogP contribution is -2.41. The Hall–Kier alpha value is -0.0400. The van der Waals surface area contributed by atoms with E-state index in [1.807, 2.05) is 0 Å². The lowest BCUT2D eigenvalue weighted by Gasteiger charge is -2.25. The van der Waals surface area contributed by atoms with Gasteiger partial charge in [0.15, 0.2) is 5.96 Å². The van der Waals surface area contributed by atoms with Crippen molar-refractivity contribution in [2.24, 2.45) is 16.3 Å². The molecule has 0 spiro atoms. The quantitative estimate of drug-likeness (QED) is 0.441. The molecule has 0 aliphatic carbocycles. The maximum atomic E-state index is 4.92. The first-order chi connectivity index (χ1) is 9.56. The molecule has 2 aliphatic heterocycles. The van der Waals surface area contributed by atoms with E-state index in [4.69, 9.17) is 4.99 Å². The summed E-state index contributed by atoms with van der Waals surface area (Å²) in [4.78, 5) is 9.79. The second-order valence-corrected chi connectivity index (χ2v) is 6.95. The molecule has 2 unspecified atom stereocenters. The third-order valence-electron chi connectivity index (χ3n) is 5.03. The van der Waals surface area contributed by atoms with Gasteiger partial charge in [-0.1, -0.05) is 13.8 Å². The Morgan fingerprint density at radius 2 is 2.10 bits per heavy atom. The summed E-state index contributed by atoms with van der Waals surface area (Å²) in [5, 5.41) is 3.48. The highest BCUT2D eigenvalue weighted by molar-refractivity contribution is 14.0. The first-order valence-electron chi connectivity index (χ1n) is 8.28. The zero-order valence-electron chi connectivity index (χ0n) is 14.2. The highest BCUT2D eigenvalue weighted by Crippen LogP contribution is 2.32. The molecule has 5 heteroatoms. The van der Waals surface area contributed by atoms with Gasteiger partial charge < -0.3 is 15.1 Å². The molecule has 2 atom stereocenters. The number of rotatable bonds is 4. The maximum Gasteiger partial charge on any atom is 0.193 e. The number of nitrogens with zero attached hydrogens (tertiary/aromatic N) is 3. The molecule has 124 valence electrons. The SMILES string of the molecule is CCNC(=NCC1CCN(C)C1)N1CCC(C)(CC)C1.I. The van der Waals surface area contributed by atoms with E-state index in [0.717, 1.165) is 38.1 Å². The first kappa shape index (κ1) is 19.0. The van der Waals surface area contributed by atoms with Crippen molar-refractivity contribution in [3.8, 4) is 0 Å².